The number of ether oxygens (including phenoxy) is 1. The maximum absolute atomic E-state index is 13.8. The van der Waals surface area contributed by atoms with Gasteiger partial charge < -0.3 is 9.64 Å². The molecule has 40 heavy (non-hydrogen) atoms. The van der Waals surface area contributed by atoms with E-state index >= 15 is 0 Å². The number of aryl methyl sites for hydroxylation is 1. The Hall–Kier alpha value is -2.61. The first-order chi connectivity index (χ1) is 19.3. The number of rotatable bonds is 8. The summed E-state index contributed by atoms with van der Waals surface area (Å²) in [6.45, 7) is 17.7. The van der Waals surface area contributed by atoms with Crippen molar-refractivity contribution in [2.75, 3.05) is 50.8 Å². The Morgan fingerprint density at radius 3 is 2.58 bits per heavy atom. The molecule has 2 fully saturated rings. The van der Waals surface area contributed by atoms with Gasteiger partial charge in [-0.05, 0) is 105 Å². The molecule has 0 aromatic heterocycles. The van der Waals surface area contributed by atoms with E-state index in [1.165, 1.54) is 28.6 Å². The van der Waals surface area contributed by atoms with Crippen LogP contribution in [-0.4, -0.2) is 72.4 Å². The minimum Gasteiger partial charge on any atom is -0.379 e. The van der Waals surface area contributed by atoms with Crippen LogP contribution in [0.15, 0.2) is 52.4 Å². The Morgan fingerprint density at radius 2 is 1.85 bits per heavy atom. The molecule has 5 rings (SSSR count). The molecule has 2 aromatic rings. The van der Waals surface area contributed by atoms with E-state index < -0.39 is 0 Å². The third kappa shape index (κ3) is 6.32. The van der Waals surface area contributed by atoms with Crippen LogP contribution in [0.2, 0.25) is 0 Å². The first-order valence-corrected chi connectivity index (χ1v) is 15.7. The summed E-state index contributed by atoms with van der Waals surface area (Å²) in [6, 6.07) is 14.6. The van der Waals surface area contributed by atoms with Gasteiger partial charge >= 0.3 is 0 Å². The van der Waals surface area contributed by atoms with Crippen LogP contribution >= 0.6 is 11.8 Å². The Bertz CT molecular complexity index is 1270. The zero-order valence-electron chi connectivity index (χ0n) is 24.8. The van der Waals surface area contributed by atoms with Crippen LogP contribution in [0.3, 0.4) is 0 Å². The molecule has 214 valence electrons. The minimum atomic E-state index is 0.0561. The van der Waals surface area contributed by atoms with Crippen LogP contribution in [0.25, 0.3) is 6.08 Å². The summed E-state index contributed by atoms with van der Waals surface area (Å²) in [5.41, 5.74) is 6.09. The molecule has 3 aliphatic heterocycles. The number of aliphatic imine (C=N–C) groups is 1. The highest BCUT2D eigenvalue weighted by atomic mass is 32.2. The lowest BCUT2D eigenvalue weighted by atomic mass is 9.79. The number of fused-ring (bicyclic) bond motifs is 1. The van der Waals surface area contributed by atoms with Crippen LogP contribution in [0, 0.1) is 6.92 Å². The maximum atomic E-state index is 13.8. The van der Waals surface area contributed by atoms with E-state index in [9.17, 15) is 4.79 Å². The zero-order valence-corrected chi connectivity index (χ0v) is 25.6. The molecule has 2 saturated heterocycles. The van der Waals surface area contributed by atoms with Gasteiger partial charge in [-0.1, -0.05) is 32.0 Å². The first-order valence-electron chi connectivity index (χ1n) is 14.8. The summed E-state index contributed by atoms with van der Waals surface area (Å²) in [5.74, 6) is 0.523. The molecule has 1 amide bonds. The number of anilines is 1. The largest absolute Gasteiger partial charge is 0.379 e. The number of benzene rings is 2. The fraction of sp³-hybridized carbons (Fsp3) is 0.515. The number of thioether (sulfide) groups is 1. The normalized spacial score (nSPS) is 23.3. The number of morpholine rings is 1. The molecule has 0 aliphatic carbocycles. The number of nitrogens with zero attached hydrogens (tertiary/aromatic N) is 4. The van der Waals surface area contributed by atoms with Crippen molar-refractivity contribution in [1.29, 1.82) is 0 Å². The molecule has 7 heteroatoms. The average Bonchev–Trinajstić information content (AvgIpc) is 3.21. The number of carbonyl (C=O) groups excluding carboxylic acids is 1. The molecular formula is C33H44N4O2S. The highest BCUT2D eigenvalue weighted by molar-refractivity contribution is 8.18. The van der Waals surface area contributed by atoms with Crippen molar-refractivity contribution in [1.82, 2.24) is 9.80 Å². The summed E-state index contributed by atoms with van der Waals surface area (Å²) in [6.07, 6.45) is 5.25. The summed E-state index contributed by atoms with van der Waals surface area (Å²) in [7, 11) is 0. The van der Waals surface area contributed by atoms with Gasteiger partial charge in [0.25, 0.3) is 5.91 Å². The van der Waals surface area contributed by atoms with Gasteiger partial charge in [0.05, 0.1) is 23.8 Å². The molecule has 0 N–H and O–H groups in total. The van der Waals surface area contributed by atoms with Gasteiger partial charge in [0.15, 0.2) is 5.17 Å². The van der Waals surface area contributed by atoms with Gasteiger partial charge in [0.1, 0.15) is 0 Å². The summed E-state index contributed by atoms with van der Waals surface area (Å²) in [5, 5.41) is 0.768. The van der Waals surface area contributed by atoms with E-state index in [1.807, 2.05) is 35.2 Å². The van der Waals surface area contributed by atoms with Crippen LogP contribution in [0.4, 0.5) is 11.4 Å². The number of amidine groups is 1. The molecule has 0 spiro atoms. The quantitative estimate of drug-likeness (QED) is 0.332. The van der Waals surface area contributed by atoms with Gasteiger partial charge in [-0.15, -0.1) is 0 Å². The molecule has 0 saturated carbocycles. The fourth-order valence-electron chi connectivity index (χ4n) is 6.27. The molecule has 6 nitrogen and oxygen atoms in total. The molecular weight excluding hydrogens is 516 g/mol. The molecule has 3 heterocycles. The van der Waals surface area contributed by atoms with Gasteiger partial charge in [-0.2, -0.15) is 0 Å². The molecule has 1 unspecified atom stereocenters. The third-order valence-electron chi connectivity index (χ3n) is 8.34. The van der Waals surface area contributed by atoms with E-state index in [0.29, 0.717) is 12.5 Å². The predicted molar refractivity (Wildman–Crippen MR) is 169 cm³/mol. The fourth-order valence-corrected chi connectivity index (χ4v) is 7.29. The number of para-hydroxylation sites is 1. The summed E-state index contributed by atoms with van der Waals surface area (Å²) >= 11 is 1.50. The third-order valence-corrected chi connectivity index (χ3v) is 9.34. The van der Waals surface area contributed by atoms with Gasteiger partial charge in [0, 0.05) is 44.0 Å². The summed E-state index contributed by atoms with van der Waals surface area (Å²) in [4.78, 5) is 26.3. The first kappa shape index (κ1) is 28.9. The number of amides is 1. The number of hydrogen-bond acceptors (Lipinski definition) is 6. The molecule has 0 radical (unpaired) electrons. The van der Waals surface area contributed by atoms with E-state index in [4.69, 9.17) is 9.73 Å². The zero-order chi connectivity index (χ0) is 28.3. The predicted octanol–water partition coefficient (Wildman–Crippen LogP) is 6.82. The van der Waals surface area contributed by atoms with Crippen LogP contribution < -0.4 is 4.90 Å². The topological polar surface area (TPSA) is 48.4 Å². The van der Waals surface area contributed by atoms with Crippen molar-refractivity contribution in [2.45, 2.75) is 65.3 Å². The number of carbonyl (C=O) groups is 1. The molecule has 2 aromatic carbocycles. The smallest absolute Gasteiger partial charge is 0.266 e. The Labute approximate surface area is 244 Å². The van der Waals surface area contributed by atoms with Crippen molar-refractivity contribution >= 4 is 40.3 Å². The maximum Gasteiger partial charge on any atom is 0.266 e. The van der Waals surface area contributed by atoms with Crippen LogP contribution in [0.5, 0.6) is 0 Å². The van der Waals surface area contributed by atoms with Gasteiger partial charge in [-0.25, -0.2) is 4.99 Å². The second-order valence-corrected chi connectivity index (χ2v) is 13.0. The van der Waals surface area contributed by atoms with Crippen molar-refractivity contribution in [3.63, 3.8) is 0 Å². The van der Waals surface area contributed by atoms with Crippen molar-refractivity contribution in [3.05, 3.63) is 64.1 Å². The van der Waals surface area contributed by atoms with E-state index in [-0.39, 0.29) is 11.4 Å². The second kappa shape index (κ2) is 12.5. The Kier molecular flexibility index (Phi) is 9.03. The number of hydrogen-bond donors (Lipinski definition) is 0. The van der Waals surface area contributed by atoms with E-state index in [1.54, 1.807) is 0 Å². The Morgan fingerprint density at radius 1 is 1.10 bits per heavy atom. The van der Waals surface area contributed by atoms with Gasteiger partial charge in [-0.3, -0.25) is 14.6 Å². The highest BCUT2D eigenvalue weighted by Crippen LogP contribution is 2.45. The molecule has 1 atom stereocenters. The monoisotopic (exact) mass is 560 g/mol. The van der Waals surface area contributed by atoms with Crippen LogP contribution in [-0.2, 0) is 9.53 Å². The lowest BCUT2D eigenvalue weighted by molar-refractivity contribution is -0.122. The highest BCUT2D eigenvalue weighted by Gasteiger charge is 2.37. The standard InChI is InChI=1S/C33H44N4O2S/c1-6-13-37-29-20-24(2)26(21-28(29)25(3)23-33(37,4)5)22-30-31(38)36(15-10-14-35-16-18-39-19-17-35)32(40-30)34-27-11-8-7-9-12-27/h7-9,11-12,20-22,25H,6,10,13-19,23H2,1-5H3/b30-22+,34-32?. The lowest BCUT2D eigenvalue weighted by Gasteiger charge is -2.48. The minimum absolute atomic E-state index is 0.0561. The lowest BCUT2D eigenvalue weighted by Crippen LogP contribution is -2.48. The van der Waals surface area contributed by atoms with Crippen molar-refractivity contribution < 1.29 is 9.53 Å². The van der Waals surface area contributed by atoms with Gasteiger partial charge in [0.2, 0.25) is 0 Å². The summed E-state index contributed by atoms with van der Waals surface area (Å²) < 4.78 is 5.49. The average molecular weight is 561 g/mol. The van der Waals surface area contributed by atoms with Crippen molar-refractivity contribution in [2.24, 2.45) is 4.99 Å². The molecule has 0 bridgehead atoms. The Balaban J connectivity index is 1.43. The molecule has 3 aliphatic rings. The van der Waals surface area contributed by atoms with Crippen molar-refractivity contribution in [3.8, 4) is 0 Å². The van der Waals surface area contributed by atoms with Crippen LogP contribution in [0.1, 0.15) is 69.6 Å². The van der Waals surface area contributed by atoms with E-state index in [0.717, 1.165) is 80.0 Å². The van der Waals surface area contributed by atoms with E-state index in [2.05, 4.69) is 62.6 Å². The SMILES string of the molecule is CCCN1c2cc(C)c(/C=C3/SC(=Nc4ccccc4)N(CCCN4CCOCC4)C3=O)cc2C(C)CC1(C)C. The second-order valence-electron chi connectivity index (χ2n) is 11.9.